The van der Waals surface area contributed by atoms with Gasteiger partial charge in [-0.2, -0.15) is 0 Å². The van der Waals surface area contributed by atoms with Crippen molar-refractivity contribution >= 4 is 22.8 Å². The maximum atomic E-state index is 12.7. The van der Waals surface area contributed by atoms with Gasteiger partial charge in [-0.15, -0.1) is 0 Å². The van der Waals surface area contributed by atoms with Gasteiger partial charge in [0.1, 0.15) is 11.3 Å². The van der Waals surface area contributed by atoms with Crippen LogP contribution in [0.2, 0.25) is 0 Å². The third-order valence-electron chi connectivity index (χ3n) is 4.09. The second-order valence-corrected chi connectivity index (χ2v) is 5.78. The summed E-state index contributed by atoms with van der Waals surface area (Å²) in [5.74, 6) is -0.777. The molecule has 1 aliphatic heterocycles. The molecule has 1 aromatic heterocycles. The molecule has 6 heteroatoms. The summed E-state index contributed by atoms with van der Waals surface area (Å²) in [7, 11) is 0. The molecule has 1 amide bonds. The normalized spacial score (nSPS) is 19.7. The molecule has 0 radical (unpaired) electrons. The molecule has 1 aromatic carbocycles. The number of amides is 1. The molecule has 1 fully saturated rings. The second kappa shape index (κ2) is 6.42. The van der Waals surface area contributed by atoms with Gasteiger partial charge < -0.3 is 19.2 Å². The van der Waals surface area contributed by atoms with Crippen molar-refractivity contribution in [3.8, 4) is 0 Å². The molecule has 0 bridgehead atoms. The average molecular weight is 317 g/mol. The molecule has 0 aliphatic carbocycles. The van der Waals surface area contributed by atoms with Crippen LogP contribution in [0.25, 0.3) is 11.0 Å². The van der Waals surface area contributed by atoms with Gasteiger partial charge in [-0.25, -0.2) is 0 Å². The Morgan fingerprint density at radius 1 is 1.39 bits per heavy atom. The zero-order valence-electron chi connectivity index (χ0n) is 12.9. The smallest absolute Gasteiger partial charge is 0.306 e. The van der Waals surface area contributed by atoms with Crippen LogP contribution in [0.5, 0.6) is 0 Å². The Bertz CT molecular complexity index is 690. The second-order valence-electron chi connectivity index (χ2n) is 5.78. The standard InChI is InChI=1S/C17H19NO5/c1-11(15-8-12-4-2-3-5-14(12)23-15)17(21)18-6-7-22-13(10-18)9-16(19)20/h2-5,8,11,13H,6-7,9-10H2,1H3,(H,19,20)/t11-,13-/m1/s1. The van der Waals surface area contributed by atoms with Crippen molar-refractivity contribution in [2.45, 2.75) is 25.4 Å². The van der Waals surface area contributed by atoms with E-state index in [1.54, 1.807) is 4.90 Å². The zero-order valence-corrected chi connectivity index (χ0v) is 12.9. The lowest BCUT2D eigenvalue weighted by Crippen LogP contribution is -2.47. The summed E-state index contributed by atoms with van der Waals surface area (Å²) in [4.78, 5) is 25.1. The molecule has 2 aromatic rings. The van der Waals surface area contributed by atoms with Crippen LogP contribution in [0.15, 0.2) is 34.7 Å². The molecule has 3 rings (SSSR count). The van der Waals surface area contributed by atoms with E-state index in [4.69, 9.17) is 14.3 Å². The predicted octanol–water partition coefficient (Wildman–Crippen LogP) is 2.24. The van der Waals surface area contributed by atoms with Gasteiger partial charge in [0.25, 0.3) is 0 Å². The number of carboxylic acids is 1. The quantitative estimate of drug-likeness (QED) is 0.935. The molecular weight excluding hydrogens is 298 g/mol. The van der Waals surface area contributed by atoms with E-state index in [0.29, 0.717) is 25.5 Å². The van der Waals surface area contributed by atoms with Crippen LogP contribution in [-0.2, 0) is 14.3 Å². The maximum Gasteiger partial charge on any atom is 0.306 e. The summed E-state index contributed by atoms with van der Waals surface area (Å²) in [6.45, 7) is 2.94. The number of carbonyl (C=O) groups is 2. The number of nitrogens with zero attached hydrogens (tertiary/aromatic N) is 1. The van der Waals surface area contributed by atoms with E-state index in [2.05, 4.69) is 0 Å². The zero-order chi connectivity index (χ0) is 16.4. The highest BCUT2D eigenvalue weighted by Gasteiger charge is 2.30. The van der Waals surface area contributed by atoms with Crippen molar-refractivity contribution < 1.29 is 23.8 Å². The van der Waals surface area contributed by atoms with Gasteiger partial charge >= 0.3 is 5.97 Å². The molecule has 1 saturated heterocycles. The lowest BCUT2D eigenvalue weighted by atomic mass is 10.1. The molecular formula is C17H19NO5. The van der Waals surface area contributed by atoms with E-state index >= 15 is 0 Å². The van der Waals surface area contributed by atoms with Crippen molar-refractivity contribution in [3.05, 3.63) is 36.1 Å². The van der Waals surface area contributed by atoms with Crippen LogP contribution in [-0.4, -0.2) is 47.7 Å². The molecule has 0 saturated carbocycles. The first-order chi connectivity index (χ1) is 11.0. The lowest BCUT2D eigenvalue weighted by molar-refractivity contribution is -0.148. The summed E-state index contributed by atoms with van der Waals surface area (Å²) in [6, 6.07) is 9.51. The van der Waals surface area contributed by atoms with Crippen LogP contribution >= 0.6 is 0 Å². The average Bonchev–Trinajstić information content (AvgIpc) is 2.97. The van der Waals surface area contributed by atoms with Crippen LogP contribution in [0.3, 0.4) is 0 Å². The van der Waals surface area contributed by atoms with E-state index in [1.807, 2.05) is 37.3 Å². The number of fused-ring (bicyclic) bond motifs is 1. The van der Waals surface area contributed by atoms with Crippen LogP contribution in [0, 0.1) is 0 Å². The fourth-order valence-corrected chi connectivity index (χ4v) is 2.85. The minimum Gasteiger partial charge on any atom is -0.481 e. The Labute approximate surface area is 133 Å². The van der Waals surface area contributed by atoms with E-state index < -0.39 is 18.0 Å². The number of rotatable bonds is 4. The van der Waals surface area contributed by atoms with Crippen molar-refractivity contribution in [1.29, 1.82) is 0 Å². The molecule has 0 spiro atoms. The van der Waals surface area contributed by atoms with Gasteiger partial charge in [-0.05, 0) is 19.1 Å². The Kier molecular flexibility index (Phi) is 4.34. The third kappa shape index (κ3) is 3.37. The topological polar surface area (TPSA) is 80.0 Å². The number of para-hydroxylation sites is 1. The number of carboxylic acid groups (broad SMARTS) is 1. The van der Waals surface area contributed by atoms with Crippen molar-refractivity contribution in [2.24, 2.45) is 0 Å². The van der Waals surface area contributed by atoms with Crippen molar-refractivity contribution in [1.82, 2.24) is 4.90 Å². The van der Waals surface area contributed by atoms with Crippen molar-refractivity contribution in [3.63, 3.8) is 0 Å². The highest BCUT2D eigenvalue weighted by atomic mass is 16.5. The minimum absolute atomic E-state index is 0.0669. The van der Waals surface area contributed by atoms with Crippen LogP contribution in [0.4, 0.5) is 0 Å². The first kappa shape index (κ1) is 15.6. The van der Waals surface area contributed by atoms with Crippen LogP contribution in [0.1, 0.15) is 25.0 Å². The number of ether oxygens (including phenoxy) is 1. The SMILES string of the molecule is C[C@@H](C(=O)N1CCO[C@H](CC(=O)O)C1)c1cc2ccccc2o1. The van der Waals surface area contributed by atoms with E-state index in [1.165, 1.54) is 0 Å². The number of hydrogen-bond acceptors (Lipinski definition) is 4. The van der Waals surface area contributed by atoms with Gasteiger partial charge in [0, 0.05) is 18.5 Å². The van der Waals surface area contributed by atoms with E-state index in [0.717, 1.165) is 11.0 Å². The van der Waals surface area contributed by atoms with Crippen molar-refractivity contribution in [2.75, 3.05) is 19.7 Å². The summed E-state index contributed by atoms with van der Waals surface area (Å²) in [6.07, 6.45) is -0.545. The molecule has 122 valence electrons. The lowest BCUT2D eigenvalue weighted by Gasteiger charge is -2.33. The fourth-order valence-electron chi connectivity index (χ4n) is 2.85. The van der Waals surface area contributed by atoms with Gasteiger partial charge in [-0.1, -0.05) is 18.2 Å². The number of aliphatic carboxylic acids is 1. The number of carbonyl (C=O) groups excluding carboxylic acids is 1. The first-order valence-electron chi connectivity index (χ1n) is 7.65. The Hall–Kier alpha value is -2.34. The van der Waals surface area contributed by atoms with E-state index in [-0.39, 0.29) is 12.3 Å². The molecule has 23 heavy (non-hydrogen) atoms. The Balaban J connectivity index is 1.72. The van der Waals surface area contributed by atoms with Gasteiger partial charge in [0.05, 0.1) is 25.0 Å². The predicted molar refractivity (Wildman–Crippen MR) is 83.2 cm³/mol. The van der Waals surface area contributed by atoms with Crippen LogP contribution < -0.4 is 0 Å². The first-order valence-corrected chi connectivity index (χ1v) is 7.65. The highest BCUT2D eigenvalue weighted by molar-refractivity contribution is 5.85. The van der Waals surface area contributed by atoms with Gasteiger partial charge in [0.2, 0.25) is 5.91 Å². The molecule has 2 heterocycles. The summed E-state index contributed by atoms with van der Waals surface area (Å²) < 4.78 is 11.2. The largest absolute Gasteiger partial charge is 0.481 e. The fraction of sp³-hybridized carbons (Fsp3) is 0.412. The highest BCUT2D eigenvalue weighted by Crippen LogP contribution is 2.27. The molecule has 6 nitrogen and oxygen atoms in total. The monoisotopic (exact) mass is 317 g/mol. The van der Waals surface area contributed by atoms with E-state index in [9.17, 15) is 9.59 Å². The molecule has 2 atom stereocenters. The van der Waals surface area contributed by atoms with Gasteiger partial charge in [-0.3, -0.25) is 9.59 Å². The molecule has 0 unspecified atom stereocenters. The number of hydrogen-bond donors (Lipinski definition) is 1. The third-order valence-corrected chi connectivity index (χ3v) is 4.09. The summed E-state index contributed by atoms with van der Waals surface area (Å²) >= 11 is 0. The maximum absolute atomic E-state index is 12.7. The summed E-state index contributed by atoms with van der Waals surface area (Å²) in [5, 5.41) is 9.83. The number of benzene rings is 1. The molecule has 1 N–H and O–H groups in total. The minimum atomic E-state index is -0.922. The van der Waals surface area contributed by atoms with Gasteiger partial charge in [0.15, 0.2) is 0 Å². The Morgan fingerprint density at radius 3 is 2.91 bits per heavy atom. The number of morpholine rings is 1. The molecule has 1 aliphatic rings. The number of furan rings is 1. The Morgan fingerprint density at radius 2 is 2.17 bits per heavy atom. The summed E-state index contributed by atoms with van der Waals surface area (Å²) in [5.41, 5.74) is 0.757.